The number of nitrogens with one attached hydrogen (secondary N) is 1. The number of aromatic amines is 1. The molecule has 102 heavy (non-hydrogen) atoms. The predicted molar refractivity (Wildman–Crippen MR) is 310 cm³/mol. The molecule has 22 aliphatic heterocycles. The number of aliphatic hydroxyl groups excluding tert-OH is 20. The van der Waals surface area contributed by atoms with Crippen LogP contribution in [0.2, 0.25) is 0 Å². The van der Waals surface area contributed by atoms with Crippen molar-refractivity contribution < 1.29 is 192 Å². The van der Waals surface area contributed by atoms with Gasteiger partial charge in [0.2, 0.25) is 0 Å². The molecule has 38 atom stereocenters. The molecule has 1 aromatic heterocycles. The molecule has 22 aliphatic rings. The number of azide groups is 1. The predicted octanol–water partition coefficient (Wildman–Crippen LogP) is -14.5. The van der Waals surface area contributed by atoms with Gasteiger partial charge in [0.15, 0.2) is 44.0 Å². The number of hydrogen-bond acceptors (Lipinski definition) is 42. The zero-order chi connectivity index (χ0) is 74.0. The first kappa shape index (κ1) is 80.1. The molecule has 0 aliphatic carbocycles. The van der Waals surface area contributed by atoms with E-state index < -0.39 is 322 Å². The van der Waals surface area contributed by atoms with Crippen molar-refractivity contribution in [2.24, 2.45) is 5.11 Å². The van der Waals surface area contributed by atoms with Gasteiger partial charge in [-0.05, 0) is 12.5 Å². The number of ether oxygens (including phenoxy) is 17. The second kappa shape index (κ2) is 34.6. The smallest absolute Gasteiger partial charge is 0.330 e. The van der Waals surface area contributed by atoms with E-state index in [2.05, 4.69) is 15.0 Å². The summed E-state index contributed by atoms with van der Waals surface area (Å²) in [5, 5.41) is 228. The fraction of sp³-hybridized carbons (Fsp3) is 0.893. The van der Waals surface area contributed by atoms with Crippen LogP contribution in [0.5, 0.6) is 0 Å². The zero-order valence-corrected chi connectivity index (χ0v) is 53.6. The second-order valence-electron chi connectivity index (χ2n) is 25.5. The highest BCUT2D eigenvalue weighted by Crippen LogP contribution is 2.40. The Balaban J connectivity index is 0.892. The number of carbonyl (C=O) groups excluding carboxylic acids is 2. The van der Waals surface area contributed by atoms with Gasteiger partial charge in [-0.3, -0.25) is 23.9 Å². The summed E-state index contributed by atoms with van der Waals surface area (Å²) in [6.07, 6.45) is -76.8. The maximum Gasteiger partial charge on any atom is 0.330 e. The van der Waals surface area contributed by atoms with Crippen molar-refractivity contribution in [3.8, 4) is 0 Å². The van der Waals surface area contributed by atoms with Crippen LogP contribution >= 0.6 is 0 Å². The lowest BCUT2D eigenvalue weighted by molar-refractivity contribution is -0.396. The third-order valence-corrected chi connectivity index (χ3v) is 18.8. The number of esters is 2. The van der Waals surface area contributed by atoms with Crippen molar-refractivity contribution >= 4 is 11.9 Å². The van der Waals surface area contributed by atoms with Crippen LogP contribution in [0.3, 0.4) is 0 Å². The Morgan fingerprint density at radius 1 is 0.422 bits per heavy atom. The van der Waals surface area contributed by atoms with Crippen molar-refractivity contribution in [3.63, 3.8) is 0 Å². The van der Waals surface area contributed by atoms with Crippen molar-refractivity contribution in [2.45, 2.75) is 260 Å². The minimum atomic E-state index is -2.39. The highest BCUT2D eigenvalue weighted by Gasteiger charge is 2.60. The van der Waals surface area contributed by atoms with Crippen molar-refractivity contribution in [1.82, 2.24) is 9.55 Å². The van der Waals surface area contributed by atoms with Crippen LogP contribution in [-0.2, 0) is 90.1 Å². The van der Waals surface area contributed by atoms with Crippen LogP contribution in [0.25, 0.3) is 10.4 Å². The maximum atomic E-state index is 13.4. The summed E-state index contributed by atoms with van der Waals surface area (Å²) in [6.45, 7) is -6.95. The molecule has 0 radical (unpaired) electrons. The molecular formula is C56H85N5O41. The maximum absolute atomic E-state index is 13.4. The number of aliphatic hydroxyl groups is 20. The topological polar surface area (TPSA) is 699 Å². The van der Waals surface area contributed by atoms with Gasteiger partial charge in [0.05, 0.1) is 58.5 Å². The van der Waals surface area contributed by atoms with Gasteiger partial charge in [-0.25, -0.2) is 4.79 Å². The number of H-pyrrole nitrogens is 1. The van der Waals surface area contributed by atoms with Gasteiger partial charge in [-0.2, -0.15) is 0 Å². The van der Waals surface area contributed by atoms with E-state index in [-0.39, 0.29) is 12.0 Å². The van der Waals surface area contributed by atoms with Crippen molar-refractivity contribution in [1.29, 1.82) is 0 Å². The third-order valence-electron chi connectivity index (χ3n) is 18.8. The van der Waals surface area contributed by atoms with E-state index in [0.29, 0.717) is 0 Å². The van der Waals surface area contributed by atoms with Crippen molar-refractivity contribution in [2.75, 3.05) is 52.9 Å². The Kier molecular flexibility index (Phi) is 27.2. The summed E-state index contributed by atoms with van der Waals surface area (Å²) in [7, 11) is 0. The quantitative estimate of drug-likeness (QED) is 0.0336. The summed E-state index contributed by atoms with van der Waals surface area (Å²) in [5.74, 6) is -2.26. The molecule has 580 valence electrons. The molecule has 0 amide bonds. The fourth-order valence-corrected chi connectivity index (χ4v) is 13.1. The first-order valence-corrected chi connectivity index (χ1v) is 32.3. The highest BCUT2D eigenvalue weighted by molar-refractivity contribution is 5.77. The SMILES string of the molecule is Cc1cn([C@H]2C[C@H](N=[N+]=[N-])[C@@H](COC(=O)CCC(=O)OC[C@H]3O[C@@H]4O[C@H]5[C@H](O)[C@@H](O)[C@@H](O[C@H]6[C@H](O)[C@@H](O)[C@@H](O[C@H]7[C@H](O)[C@@H](O)[C@@H](O[C@H]8[C@H](O)[C@@H](O)[C@@H](O[C@H]9[C@H](O)[C@@H](O)[C@@H](O[C@H]%10[C@H](O)[C@@H](O)[C@@H](O[C@H]3[C@H](O)[C@H]4O)O[C@@H]%10CO)O[C@@H]9CO)O[C@@H]8CO)O[C@@H]7CO)O[C@@H]6CO)O[C@@H]5CO)O2)c(=O)[nH]c1=O. The van der Waals surface area contributed by atoms with E-state index in [9.17, 15) is 127 Å². The Bertz CT molecular complexity index is 3070. The summed E-state index contributed by atoms with van der Waals surface area (Å²) < 4.78 is 98.3. The highest BCUT2D eigenvalue weighted by atomic mass is 16.8. The van der Waals surface area contributed by atoms with Gasteiger partial charge in [-0.15, -0.1) is 0 Å². The molecule has 46 heteroatoms. The Hall–Kier alpha value is -4.47. The van der Waals surface area contributed by atoms with E-state index in [0.717, 1.165) is 4.57 Å². The molecule has 22 fully saturated rings. The first-order chi connectivity index (χ1) is 48.6. The standard InChI is InChI=1S/C56H85N5O41/c1-14-5-61(56(85)58-48(14)84)24-4-15(59-60-57)22(88-24)12-86-25(68)2-3-26(69)87-13-23-47-33(76)40(83)55(95-23)101-46-21(11-67)93-53(38(81)31(46)74)99-44-19(9-65)91-51(36(79)29(44)72)97-42-17(7-63)89-49(34(77)27(42)70)96-41-16(6-62)90-50(35(78)28(41)71)98-43-18(8-64)92-52(37(80)30(43)73)100-45-20(10-66)94-54(102-47)39(82)32(45)75/h5,15-24,27-47,49-55,62-67,70-83H,2-4,6-13H2,1H3,(H,58,84,85)/t15-,16+,17+,18+,19+,20+,21+,22+,23+,24+,27+,28+,29+,30+,31+,32+,33+,34+,35+,36+,37+,38+,39+,40+,41+,42+,43+,44+,45+,46+,47+,49+,50+,51+,52+,53+,54+,55+/m0/s1. The van der Waals surface area contributed by atoms with Gasteiger partial charge in [-0.1, -0.05) is 5.11 Å². The van der Waals surface area contributed by atoms with E-state index >= 15 is 0 Å². The van der Waals surface area contributed by atoms with Crippen LogP contribution in [0.4, 0.5) is 0 Å². The fourth-order valence-electron chi connectivity index (χ4n) is 13.1. The molecular weight excluding hydrogens is 1400 g/mol. The van der Waals surface area contributed by atoms with Crippen molar-refractivity contribution in [3.05, 3.63) is 43.0 Å². The van der Waals surface area contributed by atoms with E-state index in [4.69, 9.17) is 80.5 Å². The number of hydrogen-bond donors (Lipinski definition) is 21. The number of carbonyl (C=O) groups is 2. The van der Waals surface area contributed by atoms with Gasteiger partial charge in [0.1, 0.15) is 196 Å². The van der Waals surface area contributed by atoms with Gasteiger partial charge in [0, 0.05) is 23.1 Å². The average Bonchev–Trinajstić information content (AvgIpc) is 0.982. The van der Waals surface area contributed by atoms with E-state index in [1.54, 1.807) is 0 Å². The number of rotatable bonds is 15. The summed E-state index contributed by atoms with van der Waals surface area (Å²) in [4.78, 5) is 55.9. The largest absolute Gasteiger partial charge is 0.463 e. The molecule has 23 rings (SSSR count). The minimum absolute atomic E-state index is 0.0933. The molecule has 23 heterocycles. The Labute approximate surface area is 573 Å². The van der Waals surface area contributed by atoms with Crippen LogP contribution < -0.4 is 11.2 Å². The molecule has 21 N–H and O–H groups in total. The first-order valence-electron chi connectivity index (χ1n) is 32.3. The summed E-state index contributed by atoms with van der Waals surface area (Å²) in [5.41, 5.74) is 7.84. The molecule has 0 aromatic carbocycles. The lowest BCUT2D eigenvalue weighted by Crippen LogP contribution is -2.68. The molecule has 14 bridgehead atoms. The Morgan fingerprint density at radius 3 is 0.941 bits per heavy atom. The molecule has 22 saturated heterocycles. The average molecular weight is 1480 g/mol. The molecule has 0 saturated carbocycles. The number of aryl methyl sites for hydroxylation is 1. The van der Waals surface area contributed by atoms with Gasteiger partial charge >= 0.3 is 17.6 Å². The Morgan fingerprint density at radius 2 is 0.676 bits per heavy atom. The van der Waals surface area contributed by atoms with Gasteiger partial charge in [0.25, 0.3) is 5.56 Å². The monoisotopic (exact) mass is 1480 g/mol. The van der Waals surface area contributed by atoms with Gasteiger partial charge < -0.3 is 183 Å². The molecule has 0 unspecified atom stereocenters. The van der Waals surface area contributed by atoms with Crippen LogP contribution in [-0.4, -0.2) is 404 Å². The third kappa shape index (κ3) is 16.8. The summed E-state index contributed by atoms with van der Waals surface area (Å²) >= 11 is 0. The number of aromatic nitrogens is 2. The van der Waals surface area contributed by atoms with E-state index in [1.165, 1.54) is 13.1 Å². The molecule has 1 aromatic rings. The number of nitrogens with zero attached hydrogens (tertiary/aromatic N) is 4. The van der Waals surface area contributed by atoms with Crippen LogP contribution in [0, 0.1) is 6.92 Å². The zero-order valence-electron chi connectivity index (χ0n) is 53.6. The lowest BCUT2D eigenvalue weighted by Gasteiger charge is -2.50. The lowest BCUT2D eigenvalue weighted by atomic mass is 9.95. The molecule has 0 spiro atoms. The second-order valence-corrected chi connectivity index (χ2v) is 25.5. The summed E-state index contributed by atoms with van der Waals surface area (Å²) in [6, 6.07) is -0.999. The van der Waals surface area contributed by atoms with Crippen LogP contribution in [0.1, 0.15) is 31.1 Å². The van der Waals surface area contributed by atoms with E-state index in [1.807, 2.05) is 0 Å². The normalized spacial score (nSPS) is 47.4. The van der Waals surface area contributed by atoms with Crippen LogP contribution in [0.15, 0.2) is 20.9 Å². The minimum Gasteiger partial charge on any atom is -0.463 e. The molecule has 46 nitrogen and oxygen atoms in total.